The maximum atomic E-state index is 11.6. The second kappa shape index (κ2) is 20.6. The van der Waals surface area contributed by atoms with Crippen LogP contribution in [0.1, 0.15) is 122 Å². The van der Waals surface area contributed by atoms with Crippen LogP contribution in [0.4, 0.5) is 0 Å². The van der Waals surface area contributed by atoms with Gasteiger partial charge < -0.3 is 23.2 Å². The minimum Gasteiger partial charge on any atom is -0.396 e. The third-order valence-corrected chi connectivity index (χ3v) is 12.4. The van der Waals surface area contributed by atoms with Crippen LogP contribution in [0, 0.1) is 12.8 Å². The number of nitrogens with one attached hydrogen (secondary N) is 1. The lowest BCUT2D eigenvalue weighted by molar-refractivity contribution is 0.0606. The third-order valence-electron chi connectivity index (χ3n) is 12.4. The molecule has 0 radical (unpaired) electrons. The van der Waals surface area contributed by atoms with E-state index in [1.807, 2.05) is 0 Å². The summed E-state index contributed by atoms with van der Waals surface area (Å²) in [5.41, 5.74) is 11.4. The number of imidazole rings is 1. The lowest BCUT2D eigenvalue weighted by atomic mass is 9.61. The van der Waals surface area contributed by atoms with Gasteiger partial charge in [-0.3, -0.25) is 11.3 Å². The van der Waals surface area contributed by atoms with Gasteiger partial charge >= 0.3 is 5.82 Å². The fourth-order valence-corrected chi connectivity index (χ4v) is 9.26. The Hall–Kier alpha value is -5.84. The van der Waals surface area contributed by atoms with E-state index in [1.54, 1.807) is 20.8 Å². The van der Waals surface area contributed by atoms with E-state index < -0.39 is 11.4 Å². The second-order valence-corrected chi connectivity index (χ2v) is 17.3. The van der Waals surface area contributed by atoms with E-state index >= 15 is 0 Å². The number of nitrogens with two attached hydrogens (primary N) is 1. The number of aliphatic hydroxyl groups is 1. The van der Waals surface area contributed by atoms with Crippen LogP contribution in [0.2, 0.25) is 0 Å². The number of hydrogen-bond donors (Lipinski definition) is 3. The molecule has 0 aliphatic carbocycles. The maximum absolute atomic E-state index is 11.6. The number of aromatic nitrogens is 2. The fraction of sp³-hybridized carbons (Fsp3) is 0.333. The summed E-state index contributed by atoms with van der Waals surface area (Å²) < 4.78 is 18.3. The molecule has 7 rings (SSSR count). The van der Waals surface area contributed by atoms with E-state index in [1.165, 1.54) is 16.7 Å². The first kappa shape index (κ1) is 45.2. The second-order valence-electron chi connectivity index (χ2n) is 17.3. The number of hydrogen-bond acceptors (Lipinski definition) is 8. The Balaban J connectivity index is 1.04. The SMILES string of the molecule is CCCc1nc(C(C)(C)O)c(COCc2oc(=O)oc2C)n1Cc1ccc(-c2cccc(C(CCCCC(C)C(c3ccccc3)(c3ccccc3)c3ccccc3)NN)c2)cc1. The van der Waals surface area contributed by atoms with Gasteiger partial charge in [-0.1, -0.05) is 160 Å². The molecule has 2 heterocycles. The predicted octanol–water partition coefficient (Wildman–Crippen LogP) is 11.1. The van der Waals surface area contributed by atoms with E-state index in [-0.39, 0.29) is 24.7 Å². The van der Waals surface area contributed by atoms with Crippen LogP contribution >= 0.6 is 0 Å². The molecule has 0 saturated heterocycles. The summed E-state index contributed by atoms with van der Waals surface area (Å²) in [5, 5.41) is 11.2. The van der Waals surface area contributed by atoms with Crippen LogP contribution in [0.5, 0.6) is 0 Å². The van der Waals surface area contributed by atoms with Crippen molar-refractivity contribution in [2.45, 2.75) is 110 Å². The smallest absolute Gasteiger partial charge is 0.396 e. The highest BCUT2D eigenvalue weighted by atomic mass is 16.6. The van der Waals surface area contributed by atoms with Crippen molar-refractivity contribution in [2.24, 2.45) is 11.8 Å². The molecule has 9 heteroatoms. The van der Waals surface area contributed by atoms with Crippen molar-refractivity contribution in [3.8, 4) is 11.1 Å². The average molecular weight is 847 g/mol. The fourth-order valence-electron chi connectivity index (χ4n) is 9.26. The van der Waals surface area contributed by atoms with Crippen molar-refractivity contribution in [3.63, 3.8) is 0 Å². The summed E-state index contributed by atoms with van der Waals surface area (Å²) in [4.78, 5) is 16.5. The van der Waals surface area contributed by atoms with Crippen molar-refractivity contribution in [1.82, 2.24) is 15.0 Å². The standard InChI is InChI=1S/C54H62N4O5/c1-6-19-50-56-51(53(4,5)60)48(36-61-37-49-39(3)62-52(59)63-49)58(50)35-40-30-32-41(33-31-40)42-21-18-22-43(34-42)47(57-55)29-17-16-20-38(2)54(44-23-10-7-11-24-44,45-25-12-8-13-26-45)46-27-14-9-15-28-46/h7-15,18,21-28,30-34,38,47,57,60H,6,16-17,19-20,29,35-37,55H2,1-5H3. The normalized spacial score (nSPS) is 13.0. The summed E-state index contributed by atoms with van der Waals surface area (Å²) in [5.74, 6) is 7.46. The summed E-state index contributed by atoms with van der Waals surface area (Å²) in [6, 6.07) is 50.3. The minimum absolute atomic E-state index is 0.0129. The van der Waals surface area contributed by atoms with E-state index in [4.69, 9.17) is 24.4 Å². The zero-order valence-electron chi connectivity index (χ0n) is 37.3. The van der Waals surface area contributed by atoms with Crippen molar-refractivity contribution >= 4 is 0 Å². The number of unbranched alkanes of at least 4 members (excludes halogenated alkanes) is 1. The minimum atomic E-state index is -1.19. The molecule has 4 N–H and O–H groups in total. The van der Waals surface area contributed by atoms with Gasteiger partial charge in [0.25, 0.3) is 0 Å². The molecule has 0 bridgehead atoms. The summed E-state index contributed by atoms with van der Waals surface area (Å²) in [7, 11) is 0. The number of rotatable bonds is 21. The Morgan fingerprint density at radius 3 is 1.92 bits per heavy atom. The molecular weight excluding hydrogens is 785 g/mol. The first-order valence-corrected chi connectivity index (χ1v) is 22.3. The molecule has 0 aliphatic rings. The molecule has 2 aromatic heterocycles. The lowest BCUT2D eigenvalue weighted by Gasteiger charge is -2.41. The molecule has 0 spiro atoms. The highest BCUT2D eigenvalue weighted by molar-refractivity contribution is 5.64. The van der Waals surface area contributed by atoms with E-state index in [0.717, 1.165) is 72.3 Å². The molecule has 7 aromatic rings. The van der Waals surface area contributed by atoms with Crippen LogP contribution in [0.25, 0.3) is 11.1 Å². The highest BCUT2D eigenvalue weighted by Gasteiger charge is 2.41. The van der Waals surface area contributed by atoms with Crippen LogP contribution < -0.4 is 17.1 Å². The van der Waals surface area contributed by atoms with E-state index in [9.17, 15) is 9.90 Å². The zero-order chi connectivity index (χ0) is 44.4. The van der Waals surface area contributed by atoms with Gasteiger partial charge in [0.1, 0.15) is 23.8 Å². The zero-order valence-corrected chi connectivity index (χ0v) is 37.3. The Bertz CT molecular complexity index is 2460. The van der Waals surface area contributed by atoms with Crippen LogP contribution in [-0.2, 0) is 41.9 Å². The molecule has 0 fully saturated rings. The Kier molecular flexibility index (Phi) is 14.7. The first-order chi connectivity index (χ1) is 30.5. The van der Waals surface area contributed by atoms with Crippen molar-refractivity contribution in [3.05, 3.63) is 207 Å². The van der Waals surface area contributed by atoms with Crippen LogP contribution in [0.15, 0.2) is 153 Å². The molecule has 5 aromatic carbocycles. The van der Waals surface area contributed by atoms with Crippen molar-refractivity contribution in [1.29, 1.82) is 0 Å². The van der Waals surface area contributed by atoms with Gasteiger partial charge in [-0.2, -0.15) is 0 Å². The monoisotopic (exact) mass is 846 g/mol. The van der Waals surface area contributed by atoms with Gasteiger partial charge in [-0.25, -0.2) is 9.78 Å². The predicted molar refractivity (Wildman–Crippen MR) is 250 cm³/mol. The topological polar surface area (TPSA) is 129 Å². The largest absolute Gasteiger partial charge is 0.519 e. The van der Waals surface area contributed by atoms with Gasteiger partial charge in [0, 0.05) is 24.4 Å². The summed E-state index contributed by atoms with van der Waals surface area (Å²) in [6.45, 7) is 10.5. The number of benzene rings is 5. The molecule has 9 nitrogen and oxygen atoms in total. The molecule has 0 aliphatic heterocycles. The highest BCUT2D eigenvalue weighted by Crippen LogP contribution is 2.47. The first-order valence-electron chi connectivity index (χ1n) is 22.3. The van der Waals surface area contributed by atoms with Crippen molar-refractivity contribution in [2.75, 3.05) is 0 Å². The van der Waals surface area contributed by atoms with Gasteiger partial charge in [0.15, 0.2) is 5.76 Å². The lowest BCUT2D eigenvalue weighted by Crippen LogP contribution is -2.36. The van der Waals surface area contributed by atoms with Gasteiger partial charge in [0.05, 0.1) is 18.0 Å². The molecule has 2 unspecified atom stereocenters. The Labute approximate surface area is 372 Å². The third kappa shape index (κ3) is 10.4. The average Bonchev–Trinajstić information content (AvgIpc) is 3.82. The molecule has 2 atom stereocenters. The van der Waals surface area contributed by atoms with Gasteiger partial charge in [0.2, 0.25) is 0 Å². The number of aryl methyl sites for hydroxylation is 2. The van der Waals surface area contributed by atoms with E-state index in [0.29, 0.717) is 29.7 Å². The molecule has 63 heavy (non-hydrogen) atoms. The van der Waals surface area contributed by atoms with Crippen LogP contribution in [-0.4, -0.2) is 14.7 Å². The number of ether oxygens (including phenoxy) is 1. The van der Waals surface area contributed by atoms with Crippen LogP contribution in [0.3, 0.4) is 0 Å². The quantitative estimate of drug-likeness (QED) is 0.0282. The van der Waals surface area contributed by atoms with E-state index in [2.05, 4.69) is 163 Å². The molecular formula is C54H62N4O5. The maximum Gasteiger partial charge on any atom is 0.519 e. The summed E-state index contributed by atoms with van der Waals surface area (Å²) in [6.07, 6.45) is 5.71. The summed E-state index contributed by atoms with van der Waals surface area (Å²) >= 11 is 0. The van der Waals surface area contributed by atoms with Crippen molar-refractivity contribution < 1.29 is 18.7 Å². The van der Waals surface area contributed by atoms with Gasteiger partial charge in [-0.15, -0.1) is 0 Å². The Morgan fingerprint density at radius 1 is 0.778 bits per heavy atom. The molecule has 328 valence electrons. The Morgan fingerprint density at radius 2 is 1.38 bits per heavy atom. The van der Waals surface area contributed by atoms with Gasteiger partial charge in [-0.05, 0) is 91.0 Å². The molecule has 0 amide bonds. The number of hydrazine groups is 1. The number of nitrogens with zero attached hydrogens (tertiary/aromatic N) is 2. The molecule has 0 saturated carbocycles.